The normalized spacial score (nSPS) is 19.7. The SMILES string of the molecule is CB(O)c1ccc(C(=O)NCCCCC(=O)NCC(C)(C)SSCOC2C[C@H](n3cnc4c(N)ncnc43)O[C@@H]2COP(=O)(O)OP(=O)(O)OP(=O)(O)O)cc1. The van der Waals surface area contributed by atoms with E-state index in [-0.39, 0.29) is 36.4 Å². The highest BCUT2D eigenvalue weighted by Gasteiger charge is 2.44. The van der Waals surface area contributed by atoms with Crippen molar-refractivity contribution >= 4 is 86.2 Å². The highest BCUT2D eigenvalue weighted by Crippen LogP contribution is 2.66. The second-order valence-electron chi connectivity index (χ2n) is 12.9. The quantitative estimate of drug-likeness (QED) is 0.0235. The first-order chi connectivity index (χ1) is 26.1. The molecule has 1 fully saturated rings. The standard InChI is InChI=1S/C28H43BN7O15P3S2/c1-28(2,14-32-22(37)6-4-5-11-31-27(38)18-7-9-19(10-8-18)29(3)39)56-55-17-47-20-12-23(36-16-35-24-25(30)33-15-34-26(24)36)49-21(20)13-48-53(43,44)51-54(45,46)50-52(40,41)42/h7-10,15-16,20-21,23,39H,4-6,11-14,17H2,1-3H3,(H,31,38)(H,32,37)(H,43,44)(H,45,46)(H2,30,33,34)(H2,40,41,42)/t20?,21-,23-/m1/s1. The Labute approximate surface area is 329 Å². The zero-order valence-electron chi connectivity index (χ0n) is 30.3. The molecule has 9 N–H and O–H groups in total. The number of carbonyl (C=O) groups excluding carboxylic acids is 2. The van der Waals surface area contributed by atoms with Gasteiger partial charge in [-0.2, -0.15) is 8.62 Å². The van der Waals surface area contributed by atoms with Crippen molar-refractivity contribution in [3.05, 3.63) is 42.5 Å². The highest BCUT2D eigenvalue weighted by atomic mass is 33.1. The molecule has 0 spiro atoms. The van der Waals surface area contributed by atoms with E-state index in [1.165, 1.54) is 38.8 Å². The van der Waals surface area contributed by atoms with Crippen LogP contribution in [0.3, 0.4) is 0 Å². The number of nitrogens with two attached hydrogens (primary N) is 1. The molecular formula is C28H43BN7O15P3S2. The van der Waals surface area contributed by atoms with Crippen molar-refractivity contribution < 1.29 is 70.5 Å². The number of fused-ring (bicyclic) bond motifs is 1. The van der Waals surface area contributed by atoms with E-state index in [9.17, 15) is 38.1 Å². The van der Waals surface area contributed by atoms with E-state index in [1.54, 1.807) is 31.1 Å². The molecular weight excluding hydrogens is 842 g/mol. The second-order valence-corrected chi connectivity index (χ2v) is 20.3. The maximum Gasteiger partial charge on any atom is 0.490 e. The third-order valence-electron chi connectivity index (χ3n) is 7.79. The van der Waals surface area contributed by atoms with Crippen molar-refractivity contribution in [2.24, 2.45) is 0 Å². The molecule has 310 valence electrons. The molecule has 3 heterocycles. The molecule has 1 aromatic carbocycles. The lowest BCUT2D eigenvalue weighted by Crippen LogP contribution is -2.36. The lowest BCUT2D eigenvalue weighted by Gasteiger charge is -2.24. The van der Waals surface area contributed by atoms with Crippen LogP contribution < -0.4 is 21.8 Å². The van der Waals surface area contributed by atoms with E-state index in [0.717, 1.165) is 0 Å². The van der Waals surface area contributed by atoms with E-state index >= 15 is 0 Å². The van der Waals surface area contributed by atoms with Crippen LogP contribution in [-0.4, -0.2) is 105 Å². The van der Waals surface area contributed by atoms with Crippen molar-refractivity contribution in [1.82, 2.24) is 30.2 Å². The number of hydrogen-bond acceptors (Lipinski definition) is 17. The summed E-state index contributed by atoms with van der Waals surface area (Å²) in [4.78, 5) is 74.2. The van der Waals surface area contributed by atoms with Gasteiger partial charge in [-0.05, 0) is 44.3 Å². The van der Waals surface area contributed by atoms with Gasteiger partial charge in [0.2, 0.25) is 5.91 Å². The van der Waals surface area contributed by atoms with E-state index in [4.69, 9.17) is 29.5 Å². The largest absolute Gasteiger partial charge is 0.490 e. The molecule has 0 radical (unpaired) electrons. The number of unbranched alkanes of at least 4 members (excludes halogenated alkanes) is 1. The van der Waals surface area contributed by atoms with Gasteiger partial charge >= 0.3 is 30.4 Å². The lowest BCUT2D eigenvalue weighted by atomic mass is 9.64. The number of rotatable bonds is 22. The number of hydrogen-bond donors (Lipinski definition) is 8. The molecule has 1 aliphatic rings. The molecule has 2 amide bonds. The van der Waals surface area contributed by atoms with Gasteiger partial charge in [0, 0.05) is 36.2 Å². The van der Waals surface area contributed by atoms with E-state index in [1.807, 2.05) is 13.8 Å². The molecule has 0 bridgehead atoms. The summed E-state index contributed by atoms with van der Waals surface area (Å²) in [6.07, 6.45) is 1.52. The number of anilines is 1. The van der Waals surface area contributed by atoms with Crippen molar-refractivity contribution in [1.29, 1.82) is 0 Å². The van der Waals surface area contributed by atoms with Gasteiger partial charge in [0.1, 0.15) is 30.1 Å². The summed E-state index contributed by atoms with van der Waals surface area (Å²) in [5.41, 5.74) is 7.71. The molecule has 56 heavy (non-hydrogen) atoms. The van der Waals surface area contributed by atoms with Gasteiger partial charge in [-0.1, -0.05) is 40.5 Å². The van der Waals surface area contributed by atoms with Crippen molar-refractivity contribution in [2.45, 2.75) is 69.5 Å². The Hall–Kier alpha value is -2.44. The van der Waals surface area contributed by atoms with Gasteiger partial charge in [-0.25, -0.2) is 28.6 Å². The fourth-order valence-electron chi connectivity index (χ4n) is 5.10. The Balaban J connectivity index is 1.23. The molecule has 4 rings (SSSR count). The van der Waals surface area contributed by atoms with Crippen LogP contribution >= 0.6 is 45.1 Å². The molecule has 0 aliphatic carbocycles. The maximum absolute atomic E-state index is 12.5. The predicted octanol–water partition coefficient (Wildman–Crippen LogP) is 2.08. The van der Waals surface area contributed by atoms with Crippen LogP contribution in [0.1, 0.15) is 56.1 Å². The number of carbonyl (C=O) groups is 2. The van der Waals surface area contributed by atoms with Gasteiger partial charge in [0.15, 0.2) is 11.5 Å². The van der Waals surface area contributed by atoms with Crippen LogP contribution in [0.2, 0.25) is 6.82 Å². The Morgan fingerprint density at radius 1 is 1.05 bits per heavy atom. The Bertz CT molecular complexity index is 1960. The number of aromatic nitrogens is 4. The maximum atomic E-state index is 12.5. The van der Waals surface area contributed by atoms with Crippen LogP contribution in [0.25, 0.3) is 11.2 Å². The summed E-state index contributed by atoms with van der Waals surface area (Å²) in [7, 11) is -14.0. The number of phosphoric acid groups is 3. The minimum Gasteiger partial charge on any atom is -0.447 e. The summed E-state index contributed by atoms with van der Waals surface area (Å²) in [6.45, 7) is 4.86. The average Bonchev–Trinajstić information content (AvgIpc) is 3.71. The Morgan fingerprint density at radius 2 is 1.77 bits per heavy atom. The van der Waals surface area contributed by atoms with Gasteiger partial charge in [-0.15, -0.1) is 0 Å². The first-order valence-corrected chi connectivity index (χ1v) is 23.6. The van der Waals surface area contributed by atoms with Crippen LogP contribution in [-0.2, 0) is 41.1 Å². The molecule has 2 aromatic heterocycles. The van der Waals surface area contributed by atoms with Gasteiger partial charge in [0.25, 0.3) is 5.91 Å². The number of imidazole rings is 1. The van der Waals surface area contributed by atoms with Crippen LogP contribution in [0.4, 0.5) is 5.82 Å². The topological polar surface area (TPSA) is 326 Å². The number of nitrogens with zero attached hydrogens (tertiary/aromatic N) is 4. The van der Waals surface area contributed by atoms with Gasteiger partial charge < -0.3 is 50.4 Å². The Kier molecular flexibility index (Phi) is 16.5. The van der Waals surface area contributed by atoms with Crippen molar-refractivity contribution in [2.75, 3.05) is 31.4 Å². The summed E-state index contributed by atoms with van der Waals surface area (Å²) in [5.74, 6) is -0.190. The zero-order valence-corrected chi connectivity index (χ0v) is 34.6. The van der Waals surface area contributed by atoms with E-state index in [2.05, 4.69) is 34.2 Å². The van der Waals surface area contributed by atoms with Crippen LogP contribution in [0.5, 0.6) is 0 Å². The number of nitrogen functional groups attached to an aromatic ring is 1. The molecule has 3 unspecified atom stereocenters. The first kappa shape index (κ1) is 46.3. The molecule has 22 nitrogen and oxygen atoms in total. The second kappa shape index (κ2) is 20.0. The third kappa shape index (κ3) is 14.7. The van der Waals surface area contributed by atoms with E-state index < -0.39 is 60.2 Å². The minimum atomic E-state index is -5.73. The Morgan fingerprint density at radius 3 is 2.45 bits per heavy atom. The monoisotopic (exact) mass is 885 g/mol. The minimum absolute atomic E-state index is 0.0742. The first-order valence-electron chi connectivity index (χ1n) is 16.8. The smallest absolute Gasteiger partial charge is 0.447 e. The third-order valence-corrected chi connectivity index (χ3v) is 14.5. The summed E-state index contributed by atoms with van der Waals surface area (Å²) >= 11 is 0. The highest BCUT2D eigenvalue weighted by molar-refractivity contribution is 8.77. The fraction of sp³-hybridized carbons (Fsp3) is 0.536. The molecule has 3 aromatic rings. The average molecular weight is 886 g/mol. The lowest BCUT2D eigenvalue weighted by molar-refractivity contribution is -0.121. The number of phosphoric ester groups is 1. The molecule has 1 aliphatic heterocycles. The van der Waals surface area contributed by atoms with Crippen molar-refractivity contribution in [3.8, 4) is 0 Å². The number of benzene rings is 1. The summed E-state index contributed by atoms with van der Waals surface area (Å²) in [6, 6.07) is 6.68. The fourth-order valence-corrected chi connectivity index (χ4v) is 10.3. The van der Waals surface area contributed by atoms with Crippen LogP contribution in [0, 0.1) is 0 Å². The number of amides is 2. The zero-order chi connectivity index (χ0) is 41.3. The van der Waals surface area contributed by atoms with Crippen LogP contribution in [0.15, 0.2) is 36.9 Å². The number of nitrogens with one attached hydrogen (secondary N) is 2. The summed E-state index contributed by atoms with van der Waals surface area (Å²) in [5, 5.41) is 15.3. The molecule has 28 heteroatoms. The van der Waals surface area contributed by atoms with E-state index in [0.29, 0.717) is 48.1 Å². The predicted molar refractivity (Wildman–Crippen MR) is 206 cm³/mol. The van der Waals surface area contributed by atoms with Crippen molar-refractivity contribution in [3.63, 3.8) is 0 Å². The van der Waals surface area contributed by atoms with Gasteiger partial charge in [0.05, 0.1) is 19.0 Å². The number of ether oxygens (including phenoxy) is 2. The molecule has 0 saturated carbocycles. The van der Waals surface area contributed by atoms with Gasteiger partial charge in [-0.3, -0.25) is 18.7 Å². The molecule has 5 atom stereocenters. The summed E-state index contributed by atoms with van der Waals surface area (Å²) < 4.78 is 60.7. The molecule has 1 saturated heterocycles.